The number of hydrogen-bond acceptors (Lipinski definition) is 6. The maximum atomic E-state index is 13.7. The van der Waals surface area contributed by atoms with Crippen LogP contribution < -0.4 is 5.32 Å². The SMILES string of the molecule is CC(C)(C)OC(=O)N1CCCC(Cn2c(-c3ccc(Br)cc3Cl)nc3cnc(NCc4ccc(F)c(F)c4)nc32)C1. The number of carbonyl (C=O) groups is 1. The summed E-state index contributed by atoms with van der Waals surface area (Å²) in [6.45, 7) is 7.49. The number of aromatic nitrogens is 4. The van der Waals surface area contributed by atoms with E-state index in [0.717, 1.165) is 35.0 Å². The summed E-state index contributed by atoms with van der Waals surface area (Å²) in [7, 11) is 0. The first-order valence-corrected chi connectivity index (χ1v) is 14.5. The van der Waals surface area contributed by atoms with E-state index in [1.165, 1.54) is 6.07 Å². The summed E-state index contributed by atoms with van der Waals surface area (Å²) < 4.78 is 35.5. The molecule has 41 heavy (non-hydrogen) atoms. The van der Waals surface area contributed by atoms with E-state index < -0.39 is 17.2 Å². The number of nitrogens with zero attached hydrogens (tertiary/aromatic N) is 5. The van der Waals surface area contributed by atoms with Crippen molar-refractivity contribution in [1.82, 2.24) is 24.4 Å². The number of benzene rings is 2. The smallest absolute Gasteiger partial charge is 0.410 e. The molecule has 0 radical (unpaired) electrons. The van der Waals surface area contributed by atoms with Gasteiger partial charge in [-0.05, 0) is 75.4 Å². The van der Waals surface area contributed by atoms with E-state index in [1.54, 1.807) is 11.1 Å². The van der Waals surface area contributed by atoms with Crippen LogP contribution in [0.4, 0.5) is 19.5 Å². The Balaban J connectivity index is 1.46. The Kier molecular flexibility index (Phi) is 8.47. The van der Waals surface area contributed by atoms with Crippen molar-refractivity contribution >= 4 is 50.7 Å². The van der Waals surface area contributed by atoms with E-state index in [9.17, 15) is 13.6 Å². The normalized spacial score (nSPS) is 15.8. The first kappa shape index (κ1) is 29.2. The van der Waals surface area contributed by atoms with Crippen molar-refractivity contribution in [3.8, 4) is 11.4 Å². The second-order valence-corrected chi connectivity index (χ2v) is 12.4. The molecule has 0 spiro atoms. The molecule has 0 bridgehead atoms. The molecule has 1 fully saturated rings. The third-order valence-electron chi connectivity index (χ3n) is 6.71. The van der Waals surface area contributed by atoms with Crippen LogP contribution in [0.25, 0.3) is 22.6 Å². The van der Waals surface area contributed by atoms with E-state index in [1.807, 2.05) is 43.5 Å². The lowest BCUT2D eigenvalue weighted by Gasteiger charge is -2.34. The Morgan fingerprint density at radius 1 is 1.17 bits per heavy atom. The fraction of sp³-hybridized carbons (Fsp3) is 0.379. The highest BCUT2D eigenvalue weighted by molar-refractivity contribution is 9.10. The van der Waals surface area contributed by atoms with Crippen LogP contribution in [0.2, 0.25) is 5.02 Å². The van der Waals surface area contributed by atoms with E-state index >= 15 is 0 Å². The quantitative estimate of drug-likeness (QED) is 0.234. The predicted molar refractivity (Wildman–Crippen MR) is 158 cm³/mol. The minimum Gasteiger partial charge on any atom is -0.444 e. The Hall–Kier alpha value is -3.31. The van der Waals surface area contributed by atoms with Gasteiger partial charge in [0.05, 0.1) is 11.2 Å². The number of hydrogen-bond donors (Lipinski definition) is 1. The van der Waals surface area contributed by atoms with Gasteiger partial charge in [0.1, 0.15) is 16.9 Å². The molecular formula is C29H30BrClF2N6O2. The van der Waals surface area contributed by atoms with Gasteiger partial charge in [-0.25, -0.2) is 23.5 Å². The van der Waals surface area contributed by atoms with E-state index in [4.69, 9.17) is 26.3 Å². The minimum atomic E-state index is -0.914. The molecule has 1 aliphatic heterocycles. The van der Waals surface area contributed by atoms with Crippen molar-refractivity contribution in [3.05, 3.63) is 69.3 Å². The molecular weight excluding hydrogens is 618 g/mol. The zero-order valence-electron chi connectivity index (χ0n) is 22.9. The summed E-state index contributed by atoms with van der Waals surface area (Å²) in [6.07, 6.45) is 3.07. The fourth-order valence-electron chi connectivity index (χ4n) is 4.85. The van der Waals surface area contributed by atoms with E-state index in [-0.39, 0.29) is 18.6 Å². The van der Waals surface area contributed by atoms with E-state index in [0.29, 0.717) is 53.2 Å². The second kappa shape index (κ2) is 11.9. The van der Waals surface area contributed by atoms with Gasteiger partial charge in [-0.1, -0.05) is 33.6 Å². The highest BCUT2D eigenvalue weighted by Gasteiger charge is 2.29. The molecule has 216 valence electrons. The average molecular weight is 648 g/mol. The van der Waals surface area contributed by atoms with Gasteiger partial charge in [0, 0.05) is 36.2 Å². The minimum absolute atomic E-state index is 0.121. The van der Waals surface area contributed by atoms with Gasteiger partial charge >= 0.3 is 6.09 Å². The number of ether oxygens (including phenoxy) is 1. The molecule has 1 saturated heterocycles. The van der Waals surface area contributed by atoms with Gasteiger partial charge in [0.25, 0.3) is 0 Å². The van der Waals surface area contributed by atoms with Crippen LogP contribution in [0, 0.1) is 17.6 Å². The van der Waals surface area contributed by atoms with Crippen LogP contribution >= 0.6 is 27.5 Å². The molecule has 2 aromatic heterocycles. The summed E-state index contributed by atoms with van der Waals surface area (Å²) >= 11 is 10.1. The van der Waals surface area contributed by atoms with Gasteiger partial charge in [-0.2, -0.15) is 4.98 Å². The number of rotatable bonds is 6. The Morgan fingerprint density at radius 3 is 2.71 bits per heavy atom. The highest BCUT2D eigenvalue weighted by atomic mass is 79.9. The van der Waals surface area contributed by atoms with Crippen molar-refractivity contribution in [3.63, 3.8) is 0 Å². The van der Waals surface area contributed by atoms with Crippen LogP contribution in [0.3, 0.4) is 0 Å². The van der Waals surface area contributed by atoms with Crippen molar-refractivity contribution in [2.24, 2.45) is 5.92 Å². The predicted octanol–water partition coefficient (Wildman–Crippen LogP) is 7.45. The number of carbonyl (C=O) groups excluding carboxylic acids is 1. The average Bonchev–Trinajstić information content (AvgIpc) is 3.25. The van der Waals surface area contributed by atoms with Crippen LogP contribution in [-0.2, 0) is 17.8 Å². The van der Waals surface area contributed by atoms with Gasteiger partial charge in [-0.3, -0.25) is 0 Å². The standard InChI is InChI=1S/C29H30BrClF2N6O2/c1-29(2,3)41-28(40)38-10-4-5-18(15-38)16-39-25(20-8-7-19(30)12-21(20)31)36-24-14-35-27(37-26(24)39)34-13-17-6-9-22(32)23(33)11-17/h6-9,11-12,14,18H,4-5,10,13,15-16H2,1-3H3,(H,34,35,37). The second-order valence-electron chi connectivity index (χ2n) is 11.1. The van der Waals surface area contributed by atoms with Crippen LogP contribution in [0.5, 0.6) is 0 Å². The number of anilines is 1. The van der Waals surface area contributed by atoms with Crippen LogP contribution in [0.1, 0.15) is 39.2 Å². The van der Waals surface area contributed by atoms with Crippen LogP contribution in [-0.4, -0.2) is 49.2 Å². The Morgan fingerprint density at radius 2 is 1.98 bits per heavy atom. The number of halogens is 4. The Labute approximate surface area is 250 Å². The van der Waals surface area contributed by atoms with Gasteiger partial charge in [0.2, 0.25) is 5.95 Å². The molecule has 12 heteroatoms. The van der Waals surface area contributed by atoms with Gasteiger partial charge in [0.15, 0.2) is 17.3 Å². The number of amides is 1. The molecule has 0 aliphatic carbocycles. The van der Waals surface area contributed by atoms with Crippen molar-refractivity contribution < 1.29 is 18.3 Å². The van der Waals surface area contributed by atoms with Gasteiger partial charge < -0.3 is 19.5 Å². The monoisotopic (exact) mass is 646 g/mol. The van der Waals surface area contributed by atoms with Crippen molar-refractivity contribution in [1.29, 1.82) is 0 Å². The Bertz CT molecular complexity index is 1590. The summed E-state index contributed by atoms with van der Waals surface area (Å²) in [5.41, 5.74) is 1.89. The zero-order valence-corrected chi connectivity index (χ0v) is 25.3. The lowest BCUT2D eigenvalue weighted by atomic mass is 9.98. The molecule has 1 amide bonds. The number of nitrogens with one attached hydrogen (secondary N) is 1. The largest absolute Gasteiger partial charge is 0.444 e. The third-order valence-corrected chi connectivity index (χ3v) is 7.51. The number of imidazole rings is 1. The third kappa shape index (κ3) is 6.95. The molecule has 1 aliphatic rings. The molecule has 0 saturated carbocycles. The summed E-state index contributed by atoms with van der Waals surface area (Å²) in [6, 6.07) is 9.33. The zero-order chi connectivity index (χ0) is 29.3. The van der Waals surface area contributed by atoms with E-state index in [2.05, 4.69) is 26.2 Å². The lowest BCUT2D eigenvalue weighted by molar-refractivity contribution is 0.0158. The maximum Gasteiger partial charge on any atom is 0.410 e. The molecule has 4 aromatic rings. The summed E-state index contributed by atoms with van der Waals surface area (Å²) in [5, 5.41) is 3.62. The number of fused-ring (bicyclic) bond motifs is 1. The topological polar surface area (TPSA) is 85.2 Å². The molecule has 8 nitrogen and oxygen atoms in total. The number of piperidine rings is 1. The molecule has 1 N–H and O–H groups in total. The van der Waals surface area contributed by atoms with Gasteiger partial charge in [-0.15, -0.1) is 0 Å². The first-order valence-electron chi connectivity index (χ1n) is 13.3. The summed E-state index contributed by atoms with van der Waals surface area (Å²) in [4.78, 5) is 28.5. The van der Waals surface area contributed by atoms with Crippen molar-refractivity contribution in [2.45, 2.75) is 52.3 Å². The van der Waals surface area contributed by atoms with Crippen molar-refractivity contribution in [2.75, 3.05) is 18.4 Å². The fourth-order valence-corrected chi connectivity index (χ4v) is 5.61. The maximum absolute atomic E-state index is 13.7. The summed E-state index contributed by atoms with van der Waals surface area (Å²) in [5.74, 6) is -0.741. The highest BCUT2D eigenvalue weighted by Crippen LogP contribution is 2.33. The van der Waals surface area contributed by atoms with Crippen LogP contribution in [0.15, 0.2) is 47.1 Å². The molecule has 1 unspecified atom stereocenters. The molecule has 1 atom stereocenters. The molecule has 3 heterocycles. The lowest BCUT2D eigenvalue weighted by Crippen LogP contribution is -2.43. The number of likely N-dealkylation sites (tertiary alicyclic amines) is 1. The molecule has 5 rings (SSSR count). The first-order chi connectivity index (χ1) is 19.5. The molecule has 2 aromatic carbocycles.